The van der Waals surface area contributed by atoms with Crippen molar-refractivity contribution in [1.82, 2.24) is 25.2 Å². The Morgan fingerprint density at radius 1 is 1.26 bits per heavy atom. The first-order valence-corrected chi connectivity index (χ1v) is 7.16. The third-order valence-corrected chi connectivity index (χ3v) is 4.01. The molecule has 0 atom stereocenters. The van der Waals surface area contributed by atoms with E-state index < -0.39 is 0 Å². The molecule has 1 saturated heterocycles. The lowest BCUT2D eigenvalue weighted by Crippen LogP contribution is -2.46. The maximum Gasteiger partial charge on any atom is 0.244 e. The quantitative estimate of drug-likeness (QED) is 0.828. The molecule has 2 heterocycles. The van der Waals surface area contributed by atoms with Crippen LogP contribution in [0.25, 0.3) is 0 Å². The highest BCUT2D eigenvalue weighted by Gasteiger charge is 2.25. The largest absolute Gasteiger partial charge is 0.341 e. The van der Waals surface area contributed by atoms with Gasteiger partial charge < -0.3 is 10.2 Å². The number of hydrogen-bond donors (Lipinski definition) is 1. The van der Waals surface area contributed by atoms with E-state index in [1.165, 1.54) is 12.8 Å². The fourth-order valence-corrected chi connectivity index (χ4v) is 2.54. The lowest BCUT2D eigenvalue weighted by atomic mass is 10.0. The average Bonchev–Trinajstić information content (AvgIpc) is 3.13. The number of aromatic nitrogens is 3. The second-order valence-electron chi connectivity index (χ2n) is 5.61. The van der Waals surface area contributed by atoms with Gasteiger partial charge in [0.05, 0.1) is 6.20 Å². The molecule has 1 aromatic rings. The highest BCUT2D eigenvalue weighted by Crippen LogP contribution is 2.28. The number of nitrogens with zero attached hydrogens (tertiary/aromatic N) is 4. The van der Waals surface area contributed by atoms with Crippen LogP contribution in [-0.2, 0) is 11.3 Å². The molecule has 19 heavy (non-hydrogen) atoms. The maximum atomic E-state index is 12.1. The molecule has 0 bridgehead atoms. The molecular formula is C13H21N5O. The van der Waals surface area contributed by atoms with E-state index in [4.69, 9.17) is 0 Å². The third kappa shape index (κ3) is 3.53. The molecule has 6 nitrogen and oxygen atoms in total. The lowest BCUT2D eigenvalue weighted by Gasteiger charge is -2.32. The molecule has 1 aliphatic heterocycles. The van der Waals surface area contributed by atoms with Crippen molar-refractivity contribution in [2.75, 3.05) is 19.6 Å². The van der Waals surface area contributed by atoms with Crippen molar-refractivity contribution in [3.63, 3.8) is 0 Å². The summed E-state index contributed by atoms with van der Waals surface area (Å²) in [5.74, 6) is 1.07. The van der Waals surface area contributed by atoms with E-state index in [9.17, 15) is 4.79 Å². The Labute approximate surface area is 113 Å². The second-order valence-corrected chi connectivity index (χ2v) is 5.61. The number of piperidine rings is 1. The summed E-state index contributed by atoms with van der Waals surface area (Å²) in [7, 11) is 0. The van der Waals surface area contributed by atoms with Crippen LogP contribution in [-0.4, -0.2) is 51.5 Å². The zero-order valence-corrected chi connectivity index (χ0v) is 11.2. The normalized spacial score (nSPS) is 20.7. The number of carbonyl (C=O) groups excluding carboxylic acids is 1. The Hall–Kier alpha value is -1.43. The van der Waals surface area contributed by atoms with Gasteiger partial charge in [-0.15, -0.1) is 5.10 Å². The van der Waals surface area contributed by atoms with Crippen LogP contribution in [0.3, 0.4) is 0 Å². The van der Waals surface area contributed by atoms with Gasteiger partial charge in [-0.1, -0.05) is 5.21 Å². The van der Waals surface area contributed by atoms with Gasteiger partial charge in [-0.05, 0) is 38.1 Å². The molecule has 1 amide bonds. The number of nitrogens with one attached hydrogen (secondary N) is 1. The Bertz CT molecular complexity index is 407. The first-order valence-electron chi connectivity index (χ1n) is 7.16. The van der Waals surface area contributed by atoms with Crippen LogP contribution in [0.5, 0.6) is 0 Å². The van der Waals surface area contributed by atoms with Crippen LogP contribution < -0.4 is 5.32 Å². The lowest BCUT2D eigenvalue weighted by molar-refractivity contribution is -0.133. The van der Waals surface area contributed by atoms with Crippen molar-refractivity contribution in [3.8, 4) is 0 Å². The van der Waals surface area contributed by atoms with E-state index in [1.54, 1.807) is 17.1 Å². The molecule has 0 aromatic carbocycles. The zero-order chi connectivity index (χ0) is 13.1. The van der Waals surface area contributed by atoms with Crippen molar-refractivity contribution >= 4 is 5.91 Å². The van der Waals surface area contributed by atoms with E-state index in [0.29, 0.717) is 12.6 Å². The SMILES string of the molecule is O=C(Cn1ccnn1)N1CCC(NCC2CC2)CC1. The van der Waals surface area contributed by atoms with E-state index >= 15 is 0 Å². The highest BCUT2D eigenvalue weighted by molar-refractivity contribution is 5.75. The first kappa shape index (κ1) is 12.6. The van der Waals surface area contributed by atoms with Gasteiger partial charge in [0.2, 0.25) is 5.91 Å². The van der Waals surface area contributed by atoms with Gasteiger partial charge in [0.1, 0.15) is 6.54 Å². The summed E-state index contributed by atoms with van der Waals surface area (Å²) >= 11 is 0. The summed E-state index contributed by atoms with van der Waals surface area (Å²) in [5, 5.41) is 11.2. The Morgan fingerprint density at radius 2 is 2.05 bits per heavy atom. The maximum absolute atomic E-state index is 12.1. The molecule has 0 radical (unpaired) electrons. The predicted molar refractivity (Wildman–Crippen MR) is 70.4 cm³/mol. The minimum atomic E-state index is 0.145. The number of amides is 1. The van der Waals surface area contributed by atoms with Crippen molar-refractivity contribution < 1.29 is 4.79 Å². The summed E-state index contributed by atoms with van der Waals surface area (Å²) in [6.07, 6.45) is 8.24. The molecule has 104 valence electrons. The van der Waals surface area contributed by atoms with Crippen LogP contribution in [0.4, 0.5) is 0 Å². The smallest absolute Gasteiger partial charge is 0.244 e. The van der Waals surface area contributed by atoms with Crippen molar-refractivity contribution in [1.29, 1.82) is 0 Å². The molecular weight excluding hydrogens is 242 g/mol. The molecule has 2 aliphatic rings. The summed E-state index contributed by atoms with van der Waals surface area (Å²) in [4.78, 5) is 14.0. The summed E-state index contributed by atoms with van der Waals surface area (Å²) in [6, 6.07) is 0.594. The van der Waals surface area contributed by atoms with Crippen LogP contribution in [0.15, 0.2) is 12.4 Å². The third-order valence-electron chi connectivity index (χ3n) is 4.01. The summed E-state index contributed by atoms with van der Waals surface area (Å²) < 4.78 is 1.58. The summed E-state index contributed by atoms with van der Waals surface area (Å²) in [5.41, 5.74) is 0. The van der Waals surface area contributed by atoms with Crippen LogP contribution in [0.2, 0.25) is 0 Å². The highest BCUT2D eigenvalue weighted by atomic mass is 16.2. The zero-order valence-electron chi connectivity index (χ0n) is 11.2. The van der Waals surface area contributed by atoms with Crippen LogP contribution in [0, 0.1) is 5.92 Å². The van der Waals surface area contributed by atoms with Crippen molar-refractivity contribution in [3.05, 3.63) is 12.4 Å². The number of likely N-dealkylation sites (tertiary alicyclic amines) is 1. The van der Waals surface area contributed by atoms with Gasteiger partial charge >= 0.3 is 0 Å². The van der Waals surface area contributed by atoms with Crippen molar-refractivity contribution in [2.24, 2.45) is 5.92 Å². The predicted octanol–water partition coefficient (Wildman–Crippen LogP) is 0.269. The Kier molecular flexibility index (Phi) is 3.77. The molecule has 1 aromatic heterocycles. The fourth-order valence-electron chi connectivity index (χ4n) is 2.54. The number of rotatable bonds is 5. The van der Waals surface area contributed by atoms with E-state index in [0.717, 1.165) is 38.4 Å². The molecule has 0 spiro atoms. The monoisotopic (exact) mass is 263 g/mol. The molecule has 1 N–H and O–H groups in total. The van der Waals surface area contributed by atoms with Crippen LogP contribution >= 0.6 is 0 Å². The van der Waals surface area contributed by atoms with Gasteiger partial charge in [-0.25, -0.2) is 4.68 Å². The minimum absolute atomic E-state index is 0.145. The summed E-state index contributed by atoms with van der Waals surface area (Å²) in [6.45, 7) is 3.18. The van der Waals surface area contributed by atoms with Gasteiger partial charge in [-0.3, -0.25) is 4.79 Å². The molecule has 1 aliphatic carbocycles. The number of hydrogen-bond acceptors (Lipinski definition) is 4. The molecule has 3 rings (SSSR count). The fraction of sp³-hybridized carbons (Fsp3) is 0.769. The number of carbonyl (C=O) groups is 1. The Morgan fingerprint density at radius 3 is 2.68 bits per heavy atom. The molecule has 2 fully saturated rings. The Balaban J connectivity index is 1.40. The first-order chi connectivity index (χ1) is 9.31. The van der Waals surface area contributed by atoms with E-state index in [1.807, 2.05) is 4.90 Å². The van der Waals surface area contributed by atoms with Gasteiger partial charge in [0.25, 0.3) is 0 Å². The minimum Gasteiger partial charge on any atom is -0.341 e. The topological polar surface area (TPSA) is 63.1 Å². The van der Waals surface area contributed by atoms with Crippen molar-refractivity contribution in [2.45, 2.75) is 38.3 Å². The van der Waals surface area contributed by atoms with Crippen LogP contribution in [0.1, 0.15) is 25.7 Å². The van der Waals surface area contributed by atoms with Gasteiger partial charge in [-0.2, -0.15) is 0 Å². The van der Waals surface area contributed by atoms with E-state index in [-0.39, 0.29) is 5.91 Å². The second kappa shape index (κ2) is 5.69. The standard InChI is InChI=1S/C13H21N5O/c19-13(10-18-8-5-15-16-18)17-6-3-12(4-7-17)14-9-11-1-2-11/h5,8,11-12,14H,1-4,6-7,9-10H2. The molecule has 0 unspecified atom stereocenters. The van der Waals surface area contributed by atoms with Gasteiger partial charge in [0.15, 0.2) is 0 Å². The van der Waals surface area contributed by atoms with Gasteiger partial charge in [0, 0.05) is 25.3 Å². The molecule has 1 saturated carbocycles. The van der Waals surface area contributed by atoms with E-state index in [2.05, 4.69) is 15.6 Å². The average molecular weight is 263 g/mol. The molecule has 6 heteroatoms.